The van der Waals surface area contributed by atoms with E-state index in [0.717, 1.165) is 17.7 Å². The second-order valence-electron chi connectivity index (χ2n) is 6.49. The summed E-state index contributed by atoms with van der Waals surface area (Å²) in [5.74, 6) is -3.01. The Bertz CT molecular complexity index is 930. The summed E-state index contributed by atoms with van der Waals surface area (Å²) < 4.78 is 52.7. The van der Waals surface area contributed by atoms with Crippen LogP contribution in [0.2, 0.25) is 0 Å². The van der Waals surface area contributed by atoms with Crippen molar-refractivity contribution in [3.63, 3.8) is 0 Å². The van der Waals surface area contributed by atoms with Crippen molar-refractivity contribution in [1.29, 1.82) is 0 Å². The topological polar surface area (TPSA) is 75.7 Å². The predicted octanol–water partition coefficient (Wildman–Crippen LogP) is 2.61. The predicted molar refractivity (Wildman–Crippen MR) is 97.2 cm³/mol. The highest BCUT2D eigenvalue weighted by Crippen LogP contribution is 2.25. The van der Waals surface area contributed by atoms with Gasteiger partial charge in [0.2, 0.25) is 15.9 Å². The molecule has 0 saturated carbocycles. The Kier molecular flexibility index (Phi) is 6.38. The van der Waals surface area contributed by atoms with Gasteiger partial charge in [0.25, 0.3) is 0 Å². The quantitative estimate of drug-likeness (QED) is 0.743. The number of hydrogen-bond acceptors (Lipinski definition) is 4. The molecule has 0 spiro atoms. The molecule has 0 atom stereocenters. The van der Waals surface area contributed by atoms with Crippen LogP contribution in [0.1, 0.15) is 18.4 Å². The lowest BCUT2D eigenvalue weighted by Gasteiger charge is -2.30. The van der Waals surface area contributed by atoms with E-state index in [9.17, 15) is 22.0 Å². The second-order valence-corrected chi connectivity index (χ2v) is 8.43. The molecule has 150 valence electrons. The van der Waals surface area contributed by atoms with E-state index >= 15 is 0 Å². The number of hydroxylamine groups is 1. The molecule has 1 saturated heterocycles. The minimum Gasteiger partial charge on any atom is -0.272 e. The molecule has 2 aromatic carbocycles. The fourth-order valence-corrected chi connectivity index (χ4v) is 4.47. The molecule has 2 aromatic rings. The fourth-order valence-electron chi connectivity index (χ4n) is 2.99. The summed E-state index contributed by atoms with van der Waals surface area (Å²) in [5.41, 5.74) is 3.31. The van der Waals surface area contributed by atoms with Gasteiger partial charge >= 0.3 is 0 Å². The number of carbonyl (C=O) groups is 1. The van der Waals surface area contributed by atoms with Gasteiger partial charge in [-0.05, 0) is 36.6 Å². The molecule has 1 N–H and O–H groups in total. The maximum Gasteiger partial charge on any atom is 0.246 e. The van der Waals surface area contributed by atoms with Crippen LogP contribution in [0.4, 0.5) is 8.78 Å². The molecule has 1 fully saturated rings. The first-order chi connectivity index (χ1) is 13.4. The standard InChI is InChI=1S/C19H20F2N2O4S/c20-17-7-6-16(12-18(17)21)28(25,26)23-10-8-15(9-11-23)19(24)22-27-13-14-4-2-1-3-5-14/h1-7,12,15H,8-11,13H2,(H,22,24). The van der Waals surface area contributed by atoms with E-state index in [4.69, 9.17) is 4.84 Å². The summed E-state index contributed by atoms with van der Waals surface area (Å²) in [7, 11) is -3.94. The Labute approximate surface area is 162 Å². The molecule has 0 aliphatic carbocycles. The molecule has 1 aliphatic rings. The molecule has 28 heavy (non-hydrogen) atoms. The molecule has 0 radical (unpaired) electrons. The molecule has 6 nitrogen and oxygen atoms in total. The number of benzene rings is 2. The number of rotatable bonds is 6. The average Bonchev–Trinajstić information content (AvgIpc) is 2.71. The van der Waals surface area contributed by atoms with Gasteiger partial charge in [0.1, 0.15) is 0 Å². The van der Waals surface area contributed by atoms with Crippen molar-refractivity contribution in [3.05, 3.63) is 65.7 Å². The highest BCUT2D eigenvalue weighted by Gasteiger charge is 2.32. The van der Waals surface area contributed by atoms with Gasteiger partial charge < -0.3 is 0 Å². The number of piperidine rings is 1. The normalized spacial score (nSPS) is 16.1. The van der Waals surface area contributed by atoms with Crippen LogP contribution in [0.5, 0.6) is 0 Å². The Morgan fingerprint density at radius 2 is 1.75 bits per heavy atom. The summed E-state index contributed by atoms with van der Waals surface area (Å²) in [5, 5.41) is 0. The molecule has 1 aliphatic heterocycles. The lowest BCUT2D eigenvalue weighted by Crippen LogP contribution is -2.43. The van der Waals surface area contributed by atoms with Crippen molar-refractivity contribution in [2.24, 2.45) is 5.92 Å². The van der Waals surface area contributed by atoms with Crippen molar-refractivity contribution in [2.75, 3.05) is 13.1 Å². The Hall–Kier alpha value is -2.36. The molecular weight excluding hydrogens is 390 g/mol. The van der Waals surface area contributed by atoms with Crippen LogP contribution in [0.15, 0.2) is 53.4 Å². The number of sulfonamides is 1. The SMILES string of the molecule is O=C(NOCc1ccccc1)C1CCN(S(=O)(=O)c2ccc(F)c(F)c2)CC1. The summed E-state index contributed by atoms with van der Waals surface area (Å²) in [6.45, 7) is 0.451. The molecule has 0 aromatic heterocycles. The van der Waals surface area contributed by atoms with Gasteiger partial charge in [-0.1, -0.05) is 30.3 Å². The zero-order valence-electron chi connectivity index (χ0n) is 15.0. The van der Waals surface area contributed by atoms with Crippen LogP contribution in [0, 0.1) is 17.6 Å². The van der Waals surface area contributed by atoms with E-state index in [1.54, 1.807) is 0 Å². The van der Waals surface area contributed by atoms with Crippen LogP contribution in [-0.2, 0) is 26.3 Å². The van der Waals surface area contributed by atoms with Crippen LogP contribution >= 0.6 is 0 Å². The first kappa shape index (κ1) is 20.4. The van der Waals surface area contributed by atoms with E-state index in [1.807, 2.05) is 30.3 Å². The molecule has 0 bridgehead atoms. The molecule has 1 amide bonds. The van der Waals surface area contributed by atoms with E-state index in [-0.39, 0.29) is 36.4 Å². The third-order valence-corrected chi connectivity index (χ3v) is 6.50. The molecule has 0 unspecified atom stereocenters. The summed E-state index contributed by atoms with van der Waals surface area (Å²) in [6, 6.07) is 11.8. The monoisotopic (exact) mass is 410 g/mol. The number of hydrogen-bond donors (Lipinski definition) is 1. The number of carbonyl (C=O) groups excluding carboxylic acids is 1. The van der Waals surface area contributed by atoms with Crippen molar-refractivity contribution in [3.8, 4) is 0 Å². The first-order valence-electron chi connectivity index (χ1n) is 8.78. The van der Waals surface area contributed by atoms with Gasteiger partial charge in [0, 0.05) is 19.0 Å². The third-order valence-electron chi connectivity index (χ3n) is 4.61. The third kappa shape index (κ3) is 4.73. The smallest absolute Gasteiger partial charge is 0.246 e. The van der Waals surface area contributed by atoms with E-state index in [0.29, 0.717) is 18.9 Å². The Morgan fingerprint density at radius 3 is 2.39 bits per heavy atom. The maximum absolute atomic E-state index is 13.4. The van der Waals surface area contributed by atoms with Gasteiger partial charge in [0.05, 0.1) is 11.5 Å². The Morgan fingerprint density at radius 1 is 1.07 bits per heavy atom. The number of amides is 1. The molecular formula is C19H20F2N2O4S. The minimum atomic E-state index is -3.94. The minimum absolute atomic E-state index is 0.109. The maximum atomic E-state index is 13.4. The van der Waals surface area contributed by atoms with Crippen LogP contribution in [0.25, 0.3) is 0 Å². The highest BCUT2D eigenvalue weighted by molar-refractivity contribution is 7.89. The van der Waals surface area contributed by atoms with Crippen LogP contribution in [0.3, 0.4) is 0 Å². The van der Waals surface area contributed by atoms with E-state index in [1.165, 1.54) is 4.31 Å². The van der Waals surface area contributed by atoms with Crippen molar-refractivity contribution in [2.45, 2.75) is 24.3 Å². The number of nitrogens with zero attached hydrogens (tertiary/aromatic N) is 1. The van der Waals surface area contributed by atoms with Crippen LogP contribution < -0.4 is 5.48 Å². The van der Waals surface area contributed by atoms with Crippen molar-refractivity contribution in [1.82, 2.24) is 9.79 Å². The lowest BCUT2D eigenvalue weighted by molar-refractivity contribution is -0.140. The van der Waals surface area contributed by atoms with E-state index in [2.05, 4.69) is 5.48 Å². The molecule has 1 heterocycles. The first-order valence-corrected chi connectivity index (χ1v) is 10.2. The fraction of sp³-hybridized carbons (Fsp3) is 0.316. The number of halogens is 2. The lowest BCUT2D eigenvalue weighted by atomic mass is 9.98. The van der Waals surface area contributed by atoms with E-state index < -0.39 is 21.7 Å². The average molecular weight is 410 g/mol. The summed E-state index contributed by atoms with van der Waals surface area (Å²) in [6.07, 6.45) is 0.618. The molecule has 3 rings (SSSR count). The van der Waals surface area contributed by atoms with Crippen LogP contribution in [-0.4, -0.2) is 31.7 Å². The van der Waals surface area contributed by atoms with Crippen molar-refractivity contribution < 1.29 is 26.8 Å². The largest absolute Gasteiger partial charge is 0.272 e. The van der Waals surface area contributed by atoms with Gasteiger partial charge in [-0.2, -0.15) is 4.31 Å². The van der Waals surface area contributed by atoms with Gasteiger partial charge in [-0.25, -0.2) is 22.7 Å². The zero-order chi connectivity index (χ0) is 20.1. The van der Waals surface area contributed by atoms with Gasteiger partial charge in [-0.15, -0.1) is 0 Å². The number of nitrogens with one attached hydrogen (secondary N) is 1. The Balaban J connectivity index is 1.52. The summed E-state index contributed by atoms with van der Waals surface area (Å²) in [4.78, 5) is 17.1. The zero-order valence-corrected chi connectivity index (χ0v) is 15.8. The summed E-state index contributed by atoms with van der Waals surface area (Å²) >= 11 is 0. The molecule has 9 heteroatoms. The van der Waals surface area contributed by atoms with Gasteiger partial charge in [-0.3, -0.25) is 9.63 Å². The van der Waals surface area contributed by atoms with Gasteiger partial charge in [0.15, 0.2) is 11.6 Å². The van der Waals surface area contributed by atoms with Crippen molar-refractivity contribution >= 4 is 15.9 Å². The highest BCUT2D eigenvalue weighted by atomic mass is 32.2. The second kappa shape index (κ2) is 8.76.